The summed E-state index contributed by atoms with van der Waals surface area (Å²) in [7, 11) is 0. The number of hydrogen-bond acceptors (Lipinski definition) is 4. The van der Waals surface area contributed by atoms with Gasteiger partial charge >= 0.3 is 0 Å². The van der Waals surface area contributed by atoms with Gasteiger partial charge in [0.15, 0.2) is 5.16 Å². The van der Waals surface area contributed by atoms with Crippen LogP contribution in [0.25, 0.3) is 0 Å². The monoisotopic (exact) mass is 414 g/mol. The average molecular weight is 415 g/mol. The van der Waals surface area contributed by atoms with Crippen molar-refractivity contribution in [1.29, 1.82) is 0 Å². The van der Waals surface area contributed by atoms with Crippen LogP contribution in [-0.4, -0.2) is 9.97 Å². The SMILES string of the molecule is CC(C)c1ccc(Oc2cc(C(C)C)nc(SCc3ccc(F)cc3F)n2)cc1. The minimum absolute atomic E-state index is 0.186. The number of nitrogens with zero attached hydrogens (tertiary/aromatic N) is 2. The largest absolute Gasteiger partial charge is 0.439 e. The van der Waals surface area contributed by atoms with Gasteiger partial charge in [0.2, 0.25) is 5.88 Å². The molecular formula is C23H24F2N2OS. The third-order valence-corrected chi connectivity index (χ3v) is 5.33. The predicted octanol–water partition coefficient (Wildman–Crippen LogP) is 7.09. The van der Waals surface area contributed by atoms with Gasteiger partial charge in [-0.15, -0.1) is 0 Å². The molecule has 0 radical (unpaired) electrons. The molecule has 0 aliphatic carbocycles. The Kier molecular flexibility index (Phi) is 6.85. The van der Waals surface area contributed by atoms with Crippen LogP contribution in [0.2, 0.25) is 0 Å². The minimum atomic E-state index is -0.589. The number of aromatic nitrogens is 2. The number of thioether (sulfide) groups is 1. The van der Waals surface area contributed by atoms with Crippen molar-refractivity contribution in [2.45, 2.75) is 50.4 Å². The molecule has 0 unspecified atom stereocenters. The van der Waals surface area contributed by atoms with Crippen LogP contribution in [0.1, 0.15) is 56.4 Å². The van der Waals surface area contributed by atoms with Crippen LogP contribution in [0.15, 0.2) is 53.7 Å². The molecule has 0 atom stereocenters. The van der Waals surface area contributed by atoms with E-state index in [1.54, 1.807) is 0 Å². The summed E-state index contributed by atoms with van der Waals surface area (Å²) >= 11 is 1.29. The molecular weight excluding hydrogens is 390 g/mol. The summed E-state index contributed by atoms with van der Waals surface area (Å²) in [4.78, 5) is 9.01. The normalized spacial score (nSPS) is 11.3. The molecule has 6 heteroatoms. The topological polar surface area (TPSA) is 35.0 Å². The van der Waals surface area contributed by atoms with E-state index < -0.39 is 11.6 Å². The zero-order valence-corrected chi connectivity index (χ0v) is 17.8. The molecule has 0 aliphatic heterocycles. The molecule has 3 rings (SSSR count). The Balaban J connectivity index is 1.79. The summed E-state index contributed by atoms with van der Waals surface area (Å²) in [6, 6.07) is 13.3. The Bertz CT molecular complexity index is 975. The maximum Gasteiger partial charge on any atom is 0.223 e. The van der Waals surface area contributed by atoms with Crippen LogP contribution in [0.3, 0.4) is 0 Å². The average Bonchev–Trinajstić information content (AvgIpc) is 2.67. The van der Waals surface area contributed by atoms with Crippen molar-refractivity contribution >= 4 is 11.8 Å². The Morgan fingerprint density at radius 2 is 1.62 bits per heavy atom. The van der Waals surface area contributed by atoms with Crippen molar-refractivity contribution < 1.29 is 13.5 Å². The lowest BCUT2D eigenvalue weighted by molar-refractivity contribution is 0.452. The summed E-state index contributed by atoms with van der Waals surface area (Å²) in [6.07, 6.45) is 0. The second-order valence-electron chi connectivity index (χ2n) is 7.42. The summed E-state index contributed by atoms with van der Waals surface area (Å²) in [5.41, 5.74) is 2.48. The zero-order valence-electron chi connectivity index (χ0n) is 16.9. The van der Waals surface area contributed by atoms with Crippen molar-refractivity contribution in [1.82, 2.24) is 9.97 Å². The number of halogens is 2. The first-order valence-electron chi connectivity index (χ1n) is 9.55. The molecule has 152 valence electrons. The number of benzene rings is 2. The van der Waals surface area contributed by atoms with Gasteiger partial charge in [0.05, 0.1) is 5.69 Å². The highest BCUT2D eigenvalue weighted by molar-refractivity contribution is 7.98. The predicted molar refractivity (Wildman–Crippen MR) is 113 cm³/mol. The van der Waals surface area contributed by atoms with E-state index in [4.69, 9.17) is 4.74 Å². The summed E-state index contributed by atoms with van der Waals surface area (Å²) in [5.74, 6) is 0.922. The summed E-state index contributed by atoms with van der Waals surface area (Å²) in [6.45, 7) is 8.36. The summed E-state index contributed by atoms with van der Waals surface area (Å²) < 4.78 is 32.9. The maximum atomic E-state index is 13.9. The molecule has 3 nitrogen and oxygen atoms in total. The van der Waals surface area contributed by atoms with E-state index in [2.05, 4.69) is 23.8 Å². The molecule has 0 saturated heterocycles. The first-order valence-corrected chi connectivity index (χ1v) is 10.5. The van der Waals surface area contributed by atoms with Crippen molar-refractivity contribution in [2.24, 2.45) is 0 Å². The highest BCUT2D eigenvalue weighted by Gasteiger charge is 2.12. The van der Waals surface area contributed by atoms with Gasteiger partial charge in [-0.3, -0.25) is 0 Å². The molecule has 0 N–H and O–H groups in total. The lowest BCUT2D eigenvalue weighted by Crippen LogP contribution is -2.00. The second-order valence-corrected chi connectivity index (χ2v) is 8.36. The third-order valence-electron chi connectivity index (χ3n) is 4.43. The van der Waals surface area contributed by atoms with E-state index in [0.717, 1.165) is 11.8 Å². The van der Waals surface area contributed by atoms with E-state index in [1.807, 2.05) is 44.2 Å². The molecule has 0 fully saturated rings. The zero-order chi connectivity index (χ0) is 21.0. The Labute approximate surface area is 174 Å². The van der Waals surface area contributed by atoms with Crippen molar-refractivity contribution in [3.63, 3.8) is 0 Å². The van der Waals surface area contributed by atoms with E-state index in [1.165, 1.54) is 29.5 Å². The molecule has 3 aromatic rings. The summed E-state index contributed by atoms with van der Waals surface area (Å²) in [5, 5.41) is 0.494. The highest BCUT2D eigenvalue weighted by Crippen LogP contribution is 2.29. The fourth-order valence-corrected chi connectivity index (χ4v) is 3.50. The molecule has 0 bridgehead atoms. The van der Waals surface area contributed by atoms with Gasteiger partial charge in [-0.2, -0.15) is 4.98 Å². The smallest absolute Gasteiger partial charge is 0.223 e. The van der Waals surface area contributed by atoms with Crippen LogP contribution < -0.4 is 4.74 Å². The van der Waals surface area contributed by atoms with Crippen molar-refractivity contribution in [3.05, 3.63) is 77.0 Å². The standard InChI is InChI=1S/C23H24F2N2OS/c1-14(2)16-6-9-19(10-7-16)28-22-12-21(15(3)4)26-23(27-22)29-13-17-5-8-18(24)11-20(17)25/h5-12,14-15H,13H2,1-4H3. The molecule has 0 aliphatic rings. The van der Waals surface area contributed by atoms with Crippen LogP contribution in [0.5, 0.6) is 11.6 Å². The van der Waals surface area contributed by atoms with Gasteiger partial charge in [0.25, 0.3) is 0 Å². The maximum absolute atomic E-state index is 13.9. The quantitative estimate of drug-likeness (QED) is 0.305. The molecule has 2 aromatic carbocycles. The van der Waals surface area contributed by atoms with Crippen LogP contribution in [0.4, 0.5) is 8.78 Å². The Morgan fingerprint density at radius 3 is 2.24 bits per heavy atom. The first-order chi connectivity index (χ1) is 13.8. The molecule has 0 amide bonds. The Morgan fingerprint density at radius 1 is 0.897 bits per heavy atom. The van der Waals surface area contributed by atoms with Gasteiger partial charge in [-0.1, -0.05) is 57.7 Å². The minimum Gasteiger partial charge on any atom is -0.439 e. The Hall–Kier alpha value is -2.47. The van der Waals surface area contributed by atoms with E-state index in [9.17, 15) is 8.78 Å². The van der Waals surface area contributed by atoms with Crippen molar-refractivity contribution in [2.75, 3.05) is 0 Å². The van der Waals surface area contributed by atoms with Crippen LogP contribution in [-0.2, 0) is 5.75 Å². The second kappa shape index (κ2) is 9.35. The third kappa shape index (κ3) is 5.76. The fourth-order valence-electron chi connectivity index (χ4n) is 2.66. The van der Waals surface area contributed by atoms with Crippen LogP contribution in [0, 0.1) is 11.6 Å². The first kappa shape index (κ1) is 21.2. The number of rotatable bonds is 7. The van der Waals surface area contributed by atoms with Crippen molar-refractivity contribution in [3.8, 4) is 11.6 Å². The fraction of sp³-hybridized carbons (Fsp3) is 0.304. The van der Waals surface area contributed by atoms with E-state index >= 15 is 0 Å². The van der Waals surface area contributed by atoms with Gasteiger partial charge < -0.3 is 4.74 Å². The number of ether oxygens (including phenoxy) is 1. The van der Waals surface area contributed by atoms with Gasteiger partial charge in [-0.25, -0.2) is 13.8 Å². The van der Waals surface area contributed by atoms with Gasteiger partial charge in [0.1, 0.15) is 17.4 Å². The van der Waals surface area contributed by atoms with Gasteiger partial charge in [-0.05, 0) is 41.2 Å². The van der Waals surface area contributed by atoms with E-state index in [-0.39, 0.29) is 5.92 Å². The van der Waals surface area contributed by atoms with Gasteiger partial charge in [0, 0.05) is 17.9 Å². The molecule has 1 heterocycles. The molecule has 0 saturated carbocycles. The molecule has 1 aromatic heterocycles. The number of hydrogen-bond donors (Lipinski definition) is 0. The lowest BCUT2D eigenvalue weighted by atomic mass is 10.0. The highest BCUT2D eigenvalue weighted by atomic mass is 32.2. The lowest BCUT2D eigenvalue weighted by Gasteiger charge is -2.12. The van der Waals surface area contributed by atoms with E-state index in [0.29, 0.717) is 34.0 Å². The molecule has 0 spiro atoms. The van der Waals surface area contributed by atoms with Crippen LogP contribution >= 0.6 is 11.8 Å². The molecule has 29 heavy (non-hydrogen) atoms.